The zero-order chi connectivity index (χ0) is 5.21. The predicted molar refractivity (Wildman–Crippen MR) is 29.8 cm³/mol. The third-order valence-electron chi connectivity index (χ3n) is 0.412. The second-order valence-electron chi connectivity index (χ2n) is 0.981. The molecule has 0 aliphatic heterocycles. The van der Waals surface area contributed by atoms with Gasteiger partial charge in [0.1, 0.15) is 0 Å². The summed E-state index contributed by atoms with van der Waals surface area (Å²) in [7, 11) is -3.65. The van der Waals surface area contributed by atoms with Gasteiger partial charge >= 0.3 is 7.60 Å². The van der Waals surface area contributed by atoms with Crippen LogP contribution in [-0.2, 0) is 4.57 Å². The summed E-state index contributed by atoms with van der Waals surface area (Å²) in [5, 5.41) is 0. The van der Waals surface area contributed by atoms with Gasteiger partial charge in [0.05, 0.1) is 0 Å². The zero-order valence-corrected chi connectivity index (χ0v) is 5.58. The van der Waals surface area contributed by atoms with E-state index in [0.717, 1.165) is 0 Å². The molecule has 0 bridgehead atoms. The molecule has 46 valence electrons. The average Bonchev–Trinajstić information content (AvgIpc) is 1.35. The Labute approximate surface area is 48.3 Å². The summed E-state index contributed by atoms with van der Waals surface area (Å²) in [6.45, 7) is 1.45. The van der Waals surface area contributed by atoms with Crippen molar-refractivity contribution in [2.24, 2.45) is 0 Å². The van der Waals surface area contributed by atoms with Gasteiger partial charge in [0.15, 0.2) is 0 Å². The molecule has 0 saturated heterocycles. The van der Waals surface area contributed by atoms with Crippen LogP contribution in [0.25, 0.3) is 0 Å². The minimum atomic E-state index is -3.65. The molecule has 0 atom stereocenters. The first-order valence-electron chi connectivity index (χ1n) is 1.61. The molecule has 0 spiro atoms. The molecule has 0 unspecified atom stereocenters. The van der Waals surface area contributed by atoms with Crippen LogP contribution >= 0.6 is 20.0 Å². The van der Waals surface area contributed by atoms with Crippen molar-refractivity contribution in [3.05, 3.63) is 0 Å². The molecule has 0 aliphatic rings. The van der Waals surface area contributed by atoms with Gasteiger partial charge in [0.25, 0.3) is 0 Å². The molecule has 0 rings (SSSR count). The van der Waals surface area contributed by atoms with E-state index in [0.29, 0.717) is 0 Å². The summed E-state index contributed by atoms with van der Waals surface area (Å²) in [5.41, 5.74) is 0. The molecule has 2 N–H and O–H groups in total. The zero-order valence-electron chi connectivity index (χ0n) is 3.87. The molecule has 5 heteroatoms. The first-order chi connectivity index (χ1) is 2.56. The maximum absolute atomic E-state index is 9.69. The second-order valence-corrected chi connectivity index (χ2v) is 2.94. The third kappa shape index (κ3) is 10.7. The van der Waals surface area contributed by atoms with Crippen LogP contribution in [0.3, 0.4) is 0 Å². The lowest BCUT2D eigenvalue weighted by molar-refractivity contribution is 0.375. The average molecular weight is 147 g/mol. The Kier molecular flexibility index (Phi) is 5.13. The molecule has 0 radical (unpaired) electrons. The Morgan fingerprint density at radius 3 is 1.71 bits per heavy atom. The highest BCUT2D eigenvalue weighted by Gasteiger charge is 2.05. The van der Waals surface area contributed by atoms with Crippen LogP contribution < -0.4 is 0 Å². The van der Waals surface area contributed by atoms with E-state index in [-0.39, 0.29) is 18.6 Å². The quantitative estimate of drug-likeness (QED) is 0.533. The van der Waals surface area contributed by atoms with E-state index in [1.54, 1.807) is 0 Å². The Hall–Kier alpha value is 0.440. The van der Waals surface area contributed by atoms with Crippen LogP contribution in [0, 0.1) is 0 Å². The summed E-state index contributed by atoms with van der Waals surface area (Å²) < 4.78 is 9.69. The van der Waals surface area contributed by atoms with Crippen LogP contribution in [0.15, 0.2) is 0 Å². The van der Waals surface area contributed by atoms with Gasteiger partial charge in [-0.15, -0.1) is 12.4 Å². The fourth-order valence-corrected chi connectivity index (χ4v) is 0. The Balaban J connectivity index is 0. The fourth-order valence-electron chi connectivity index (χ4n) is 0. The predicted octanol–water partition coefficient (Wildman–Crippen LogP) is 0.606. The molecule has 0 amide bonds. The van der Waals surface area contributed by atoms with Crippen molar-refractivity contribution in [1.29, 1.82) is 0 Å². The molecular weight excluding hydrogens is 138 g/mol. The van der Waals surface area contributed by atoms with E-state index in [4.69, 9.17) is 9.79 Å². The summed E-state index contributed by atoms with van der Waals surface area (Å²) in [4.78, 5) is 15.9. The molecule has 0 heterocycles. The maximum Gasteiger partial charge on any atom is 0.325 e. The van der Waals surface area contributed by atoms with Gasteiger partial charge in [-0.05, 0) is 0 Å². The van der Waals surface area contributed by atoms with Crippen LogP contribution in [0.5, 0.6) is 0 Å². The van der Waals surface area contributed by atoms with Crippen molar-refractivity contribution in [2.75, 3.05) is 6.16 Å². The highest BCUT2D eigenvalue weighted by Crippen LogP contribution is 2.32. The smallest absolute Gasteiger partial charge is 0.324 e. The molecular formula is C2H8ClO3P. The number of hydrogen-bond donors (Lipinski definition) is 2. The lowest BCUT2D eigenvalue weighted by Gasteiger charge is -1.92. The van der Waals surface area contributed by atoms with Gasteiger partial charge in [-0.1, -0.05) is 6.92 Å². The first kappa shape index (κ1) is 10.4. The monoisotopic (exact) mass is 146 g/mol. The van der Waals surface area contributed by atoms with Crippen molar-refractivity contribution < 1.29 is 14.4 Å². The van der Waals surface area contributed by atoms with E-state index in [1.807, 2.05) is 0 Å². The summed E-state index contributed by atoms with van der Waals surface area (Å²) in [6, 6.07) is 0. The largest absolute Gasteiger partial charge is 0.325 e. The molecule has 0 fully saturated rings. The van der Waals surface area contributed by atoms with Gasteiger partial charge < -0.3 is 9.79 Å². The van der Waals surface area contributed by atoms with E-state index in [1.165, 1.54) is 6.92 Å². The number of hydrogen-bond acceptors (Lipinski definition) is 1. The Bertz CT molecular complexity index is 77.0. The lowest BCUT2D eigenvalue weighted by Crippen LogP contribution is -1.76. The Morgan fingerprint density at radius 1 is 1.57 bits per heavy atom. The molecule has 0 aromatic rings. The topological polar surface area (TPSA) is 57.5 Å². The maximum atomic E-state index is 9.69. The number of halogens is 1. The normalized spacial score (nSPS) is 10.1. The van der Waals surface area contributed by atoms with Crippen molar-refractivity contribution in [3.63, 3.8) is 0 Å². The number of rotatable bonds is 1. The first-order valence-corrected chi connectivity index (χ1v) is 3.40. The molecule has 0 aliphatic carbocycles. The van der Waals surface area contributed by atoms with E-state index in [9.17, 15) is 4.57 Å². The van der Waals surface area contributed by atoms with Crippen LogP contribution in [0.1, 0.15) is 6.92 Å². The third-order valence-corrected chi connectivity index (χ3v) is 1.24. The van der Waals surface area contributed by atoms with Crippen molar-refractivity contribution in [3.8, 4) is 0 Å². The Morgan fingerprint density at radius 2 is 1.71 bits per heavy atom. The van der Waals surface area contributed by atoms with Crippen LogP contribution in [0.4, 0.5) is 0 Å². The minimum absolute atomic E-state index is 0. The molecule has 0 aromatic heterocycles. The summed E-state index contributed by atoms with van der Waals surface area (Å²) >= 11 is 0. The van der Waals surface area contributed by atoms with E-state index < -0.39 is 7.60 Å². The van der Waals surface area contributed by atoms with Gasteiger partial charge in [-0.25, -0.2) is 0 Å². The van der Waals surface area contributed by atoms with Crippen molar-refractivity contribution >= 4 is 20.0 Å². The fraction of sp³-hybridized carbons (Fsp3) is 1.00. The minimum Gasteiger partial charge on any atom is -0.324 e. The van der Waals surface area contributed by atoms with Gasteiger partial charge in [0, 0.05) is 6.16 Å². The van der Waals surface area contributed by atoms with E-state index >= 15 is 0 Å². The van der Waals surface area contributed by atoms with Crippen LogP contribution in [-0.4, -0.2) is 15.9 Å². The van der Waals surface area contributed by atoms with Gasteiger partial charge in [-0.2, -0.15) is 0 Å². The molecule has 7 heavy (non-hydrogen) atoms. The van der Waals surface area contributed by atoms with Gasteiger partial charge in [0.2, 0.25) is 0 Å². The van der Waals surface area contributed by atoms with Crippen LogP contribution in [0.2, 0.25) is 0 Å². The second kappa shape index (κ2) is 3.44. The van der Waals surface area contributed by atoms with Crippen molar-refractivity contribution in [2.45, 2.75) is 6.92 Å². The standard InChI is InChI=1S/C2H7O3P.ClH/c1-2-6(3,4)5;/h2H2,1H3,(H2,3,4,5);1H. The summed E-state index contributed by atoms with van der Waals surface area (Å²) in [5.74, 6) is 0. The lowest BCUT2D eigenvalue weighted by atomic mass is 11.0. The highest BCUT2D eigenvalue weighted by molar-refractivity contribution is 7.51. The van der Waals surface area contributed by atoms with E-state index in [2.05, 4.69) is 0 Å². The molecule has 3 nitrogen and oxygen atoms in total. The molecule has 0 saturated carbocycles. The summed E-state index contributed by atoms with van der Waals surface area (Å²) in [6.07, 6.45) is -0.0625. The SMILES string of the molecule is CCP(=O)(O)O.Cl. The van der Waals surface area contributed by atoms with Crippen molar-refractivity contribution in [1.82, 2.24) is 0 Å². The highest BCUT2D eigenvalue weighted by atomic mass is 35.5. The molecule has 0 aromatic carbocycles. The van der Waals surface area contributed by atoms with Gasteiger partial charge in [-0.3, -0.25) is 4.57 Å².